The van der Waals surface area contributed by atoms with Crippen LogP contribution in [0.2, 0.25) is 0 Å². The molecule has 2 N–H and O–H groups in total. The van der Waals surface area contributed by atoms with Crippen molar-refractivity contribution < 1.29 is 9.90 Å². The van der Waals surface area contributed by atoms with Gasteiger partial charge in [-0.15, -0.1) is 10.2 Å². The van der Waals surface area contributed by atoms with Gasteiger partial charge >= 0.3 is 5.97 Å². The molecular weight excluding hydrogens is 360 g/mol. The minimum Gasteiger partial charge on any atom is -0.481 e. The Hall–Kier alpha value is -2.15. The Balaban J connectivity index is 2.41. The van der Waals surface area contributed by atoms with Crippen LogP contribution in [-0.4, -0.2) is 34.4 Å². The fraction of sp³-hybridized carbons (Fsp3) is 0.550. The number of carboxylic acids is 1. The molecule has 7 heteroatoms. The first-order chi connectivity index (χ1) is 12.8. The SMILES string of the molecule is CC(C)CN(CC(C)C)c1ccc(C(C)CC(=O)O)cc1Nc1nncs1. The lowest BCUT2D eigenvalue weighted by molar-refractivity contribution is -0.137. The molecular formula is C20H30N4O2S. The Labute approximate surface area is 165 Å². The highest BCUT2D eigenvalue weighted by molar-refractivity contribution is 7.13. The van der Waals surface area contributed by atoms with Gasteiger partial charge in [0.15, 0.2) is 0 Å². The average Bonchev–Trinajstić information content (AvgIpc) is 3.05. The average molecular weight is 391 g/mol. The van der Waals surface area contributed by atoms with Crippen LogP contribution in [0.3, 0.4) is 0 Å². The lowest BCUT2D eigenvalue weighted by Gasteiger charge is -2.31. The van der Waals surface area contributed by atoms with Crippen molar-refractivity contribution in [3.8, 4) is 0 Å². The Bertz CT molecular complexity index is 722. The van der Waals surface area contributed by atoms with Crippen LogP contribution in [0, 0.1) is 11.8 Å². The summed E-state index contributed by atoms with van der Waals surface area (Å²) in [4.78, 5) is 13.5. The third-order valence-corrected chi connectivity index (χ3v) is 4.79. The number of anilines is 3. The molecule has 1 aromatic carbocycles. The van der Waals surface area contributed by atoms with Crippen molar-refractivity contribution in [3.05, 3.63) is 29.3 Å². The maximum Gasteiger partial charge on any atom is 0.303 e. The molecule has 0 aliphatic rings. The number of nitrogens with zero attached hydrogens (tertiary/aromatic N) is 3. The first-order valence-electron chi connectivity index (χ1n) is 9.40. The van der Waals surface area contributed by atoms with Crippen LogP contribution in [0.5, 0.6) is 0 Å². The summed E-state index contributed by atoms with van der Waals surface area (Å²) in [7, 11) is 0. The molecule has 0 bridgehead atoms. The maximum absolute atomic E-state index is 11.1. The summed E-state index contributed by atoms with van der Waals surface area (Å²) in [5.41, 5.74) is 4.75. The van der Waals surface area contributed by atoms with E-state index in [9.17, 15) is 4.79 Å². The van der Waals surface area contributed by atoms with E-state index in [0.29, 0.717) is 11.8 Å². The largest absolute Gasteiger partial charge is 0.481 e. The number of nitrogens with one attached hydrogen (secondary N) is 1. The molecule has 0 saturated heterocycles. The molecule has 1 unspecified atom stereocenters. The number of carbonyl (C=O) groups is 1. The summed E-state index contributed by atoms with van der Waals surface area (Å²) in [6, 6.07) is 6.20. The lowest BCUT2D eigenvalue weighted by Crippen LogP contribution is -2.31. The number of hydrogen-bond acceptors (Lipinski definition) is 6. The molecule has 1 aromatic heterocycles. The van der Waals surface area contributed by atoms with Gasteiger partial charge in [-0.1, -0.05) is 52.0 Å². The molecule has 0 saturated carbocycles. The molecule has 0 amide bonds. The van der Waals surface area contributed by atoms with Crippen LogP contribution in [0.1, 0.15) is 52.5 Å². The van der Waals surface area contributed by atoms with E-state index in [2.05, 4.69) is 60.2 Å². The van der Waals surface area contributed by atoms with Crippen molar-refractivity contribution in [2.75, 3.05) is 23.3 Å². The Morgan fingerprint density at radius 1 is 1.19 bits per heavy atom. The number of aliphatic carboxylic acids is 1. The van der Waals surface area contributed by atoms with Crippen molar-refractivity contribution in [2.45, 2.75) is 47.0 Å². The van der Waals surface area contributed by atoms with Crippen molar-refractivity contribution in [1.82, 2.24) is 10.2 Å². The van der Waals surface area contributed by atoms with Crippen molar-refractivity contribution >= 4 is 33.8 Å². The van der Waals surface area contributed by atoms with Gasteiger partial charge in [0.1, 0.15) is 5.51 Å². The quantitative estimate of drug-likeness (QED) is 0.596. The van der Waals surface area contributed by atoms with Gasteiger partial charge in [-0.25, -0.2) is 0 Å². The van der Waals surface area contributed by atoms with Gasteiger partial charge in [0.05, 0.1) is 17.8 Å². The first kappa shape index (κ1) is 21.2. The molecule has 27 heavy (non-hydrogen) atoms. The Morgan fingerprint density at radius 3 is 2.37 bits per heavy atom. The zero-order chi connectivity index (χ0) is 20.0. The van der Waals surface area contributed by atoms with Crippen LogP contribution in [0.4, 0.5) is 16.5 Å². The normalized spacial score (nSPS) is 12.4. The van der Waals surface area contributed by atoms with E-state index in [0.717, 1.165) is 35.2 Å². The summed E-state index contributed by atoms with van der Waals surface area (Å²) in [6.07, 6.45) is 0.110. The molecule has 2 rings (SSSR count). The third kappa shape index (κ3) is 6.50. The highest BCUT2D eigenvalue weighted by Crippen LogP contribution is 2.34. The van der Waals surface area contributed by atoms with E-state index in [-0.39, 0.29) is 12.3 Å². The fourth-order valence-electron chi connectivity index (χ4n) is 3.11. The number of hydrogen-bond donors (Lipinski definition) is 2. The van der Waals surface area contributed by atoms with E-state index in [1.165, 1.54) is 11.3 Å². The van der Waals surface area contributed by atoms with Crippen LogP contribution >= 0.6 is 11.3 Å². The van der Waals surface area contributed by atoms with Crippen LogP contribution < -0.4 is 10.2 Å². The number of carboxylic acid groups (broad SMARTS) is 1. The molecule has 0 aliphatic heterocycles. The third-order valence-electron chi connectivity index (χ3n) is 4.18. The summed E-state index contributed by atoms with van der Waals surface area (Å²) >= 11 is 1.44. The van der Waals surface area contributed by atoms with E-state index in [1.54, 1.807) is 5.51 Å². The van der Waals surface area contributed by atoms with Crippen molar-refractivity contribution in [1.29, 1.82) is 0 Å². The number of aromatic nitrogens is 2. The van der Waals surface area contributed by atoms with E-state index in [4.69, 9.17) is 5.11 Å². The maximum atomic E-state index is 11.1. The second-order valence-corrected chi connectivity index (χ2v) is 8.67. The zero-order valence-electron chi connectivity index (χ0n) is 16.8. The fourth-order valence-corrected chi connectivity index (χ4v) is 3.57. The molecule has 0 radical (unpaired) electrons. The van der Waals surface area contributed by atoms with Gasteiger partial charge in [-0.05, 0) is 35.4 Å². The smallest absolute Gasteiger partial charge is 0.303 e. The summed E-state index contributed by atoms with van der Waals surface area (Å²) in [5.74, 6) is 0.217. The van der Waals surface area contributed by atoms with Gasteiger partial charge in [-0.2, -0.15) is 0 Å². The number of benzene rings is 1. The van der Waals surface area contributed by atoms with Crippen LogP contribution in [0.15, 0.2) is 23.7 Å². The van der Waals surface area contributed by atoms with E-state index >= 15 is 0 Å². The van der Waals surface area contributed by atoms with E-state index in [1.807, 2.05) is 13.0 Å². The standard InChI is InChI=1S/C20H30N4O2S/c1-13(2)10-24(11-14(3)4)18-7-6-16(15(5)8-19(25)26)9-17(18)22-20-23-21-12-27-20/h6-7,9,12-15H,8,10-11H2,1-5H3,(H,22,23)(H,25,26). The number of rotatable bonds is 10. The molecule has 0 spiro atoms. The lowest BCUT2D eigenvalue weighted by atomic mass is 9.96. The zero-order valence-corrected chi connectivity index (χ0v) is 17.6. The summed E-state index contributed by atoms with van der Waals surface area (Å²) in [5, 5.41) is 21.2. The molecule has 0 fully saturated rings. The summed E-state index contributed by atoms with van der Waals surface area (Å²) < 4.78 is 0. The molecule has 6 nitrogen and oxygen atoms in total. The second kappa shape index (κ2) is 9.69. The first-order valence-corrected chi connectivity index (χ1v) is 10.3. The van der Waals surface area contributed by atoms with Crippen molar-refractivity contribution in [2.24, 2.45) is 11.8 Å². The van der Waals surface area contributed by atoms with Gasteiger partial charge in [0.2, 0.25) is 5.13 Å². The molecule has 1 atom stereocenters. The van der Waals surface area contributed by atoms with Gasteiger partial charge in [0.25, 0.3) is 0 Å². The van der Waals surface area contributed by atoms with Gasteiger partial charge in [0, 0.05) is 13.1 Å². The Morgan fingerprint density at radius 2 is 1.85 bits per heavy atom. The topological polar surface area (TPSA) is 78.4 Å². The van der Waals surface area contributed by atoms with Crippen LogP contribution in [-0.2, 0) is 4.79 Å². The second-order valence-electron chi connectivity index (χ2n) is 7.84. The highest BCUT2D eigenvalue weighted by Gasteiger charge is 2.18. The molecule has 0 aliphatic carbocycles. The van der Waals surface area contributed by atoms with Crippen molar-refractivity contribution in [3.63, 3.8) is 0 Å². The minimum atomic E-state index is -0.786. The van der Waals surface area contributed by atoms with E-state index < -0.39 is 5.97 Å². The van der Waals surface area contributed by atoms with Crippen LogP contribution in [0.25, 0.3) is 0 Å². The highest BCUT2D eigenvalue weighted by atomic mass is 32.1. The van der Waals surface area contributed by atoms with Gasteiger partial charge < -0.3 is 15.3 Å². The predicted octanol–water partition coefficient (Wildman–Crippen LogP) is 4.98. The van der Waals surface area contributed by atoms with Gasteiger partial charge in [-0.3, -0.25) is 4.79 Å². The molecule has 148 valence electrons. The molecule has 1 heterocycles. The minimum absolute atomic E-state index is 0.0600. The summed E-state index contributed by atoms with van der Waals surface area (Å²) in [6.45, 7) is 12.7. The monoisotopic (exact) mass is 390 g/mol. The molecule has 2 aromatic rings. The Kier molecular flexibility index (Phi) is 7.59. The predicted molar refractivity (Wildman–Crippen MR) is 112 cm³/mol.